The fourth-order valence-electron chi connectivity index (χ4n) is 3.20. The number of benzene rings is 2. The zero-order valence-electron chi connectivity index (χ0n) is 16.0. The van der Waals surface area contributed by atoms with Gasteiger partial charge in [0.1, 0.15) is 0 Å². The van der Waals surface area contributed by atoms with Gasteiger partial charge in [-0.25, -0.2) is 4.79 Å². The van der Waals surface area contributed by atoms with Crippen LogP contribution in [-0.4, -0.2) is 23.0 Å². The van der Waals surface area contributed by atoms with Crippen molar-refractivity contribution in [3.05, 3.63) is 76.4 Å². The molecule has 3 aromatic rings. The highest BCUT2D eigenvalue weighted by Crippen LogP contribution is 2.40. The summed E-state index contributed by atoms with van der Waals surface area (Å²) in [5.41, 5.74) is 2.92. The predicted octanol–water partition coefficient (Wildman–Crippen LogP) is 4.63. The summed E-state index contributed by atoms with van der Waals surface area (Å²) in [5, 5.41) is 4.06. The molecule has 1 heterocycles. The maximum atomic E-state index is 12.8. The van der Waals surface area contributed by atoms with E-state index in [0.717, 1.165) is 35.0 Å². The van der Waals surface area contributed by atoms with Crippen molar-refractivity contribution in [2.45, 2.75) is 38.3 Å². The number of hydrogen-bond acceptors (Lipinski definition) is 4. The van der Waals surface area contributed by atoms with E-state index in [1.54, 1.807) is 19.1 Å². The number of para-hydroxylation sites is 1. The maximum Gasteiger partial charge on any atom is 0.339 e. The molecule has 0 radical (unpaired) electrons. The van der Waals surface area contributed by atoms with Gasteiger partial charge in [-0.15, -0.1) is 0 Å². The van der Waals surface area contributed by atoms with E-state index in [-0.39, 0.29) is 12.5 Å². The lowest BCUT2D eigenvalue weighted by atomic mass is 10.1. The fraction of sp³-hybridized carbons (Fsp3) is 0.261. The molecule has 148 valence electrons. The lowest BCUT2D eigenvalue weighted by molar-refractivity contribution is -0.129. The largest absolute Gasteiger partial charge is 0.449 e. The summed E-state index contributed by atoms with van der Waals surface area (Å²) in [4.78, 5) is 29.9. The molecule has 0 bridgehead atoms. The van der Waals surface area contributed by atoms with E-state index < -0.39 is 12.1 Å². The van der Waals surface area contributed by atoms with Crippen molar-refractivity contribution in [2.24, 2.45) is 0 Å². The van der Waals surface area contributed by atoms with Crippen molar-refractivity contribution in [2.75, 3.05) is 0 Å². The van der Waals surface area contributed by atoms with Crippen LogP contribution >= 0.6 is 11.6 Å². The molecule has 0 aliphatic heterocycles. The highest BCUT2D eigenvalue weighted by molar-refractivity contribution is 6.31. The molecular formula is C23H21ClN2O3. The molecule has 1 saturated carbocycles. The quantitative estimate of drug-likeness (QED) is 0.604. The molecule has 1 aromatic heterocycles. The van der Waals surface area contributed by atoms with Gasteiger partial charge < -0.3 is 10.1 Å². The van der Waals surface area contributed by atoms with Crippen molar-refractivity contribution < 1.29 is 14.3 Å². The van der Waals surface area contributed by atoms with Gasteiger partial charge in [-0.1, -0.05) is 48.0 Å². The summed E-state index contributed by atoms with van der Waals surface area (Å²) < 4.78 is 5.47. The average Bonchev–Trinajstić information content (AvgIpc) is 3.57. The summed E-state index contributed by atoms with van der Waals surface area (Å²) in [6.45, 7) is 1.83. The smallest absolute Gasteiger partial charge is 0.339 e. The van der Waals surface area contributed by atoms with Crippen LogP contribution in [0, 0.1) is 0 Å². The first-order valence-corrected chi connectivity index (χ1v) is 10.0. The first kappa shape index (κ1) is 19.4. The van der Waals surface area contributed by atoms with Crippen molar-refractivity contribution in [1.82, 2.24) is 10.3 Å². The second-order valence-electron chi connectivity index (χ2n) is 7.24. The third-order valence-corrected chi connectivity index (χ3v) is 5.38. The maximum absolute atomic E-state index is 12.8. The number of nitrogens with zero attached hydrogens (tertiary/aromatic N) is 1. The summed E-state index contributed by atoms with van der Waals surface area (Å²) in [6, 6.07) is 16.6. The van der Waals surface area contributed by atoms with Crippen molar-refractivity contribution in [3.8, 4) is 0 Å². The first-order valence-electron chi connectivity index (χ1n) is 9.64. The molecule has 1 aliphatic carbocycles. The lowest BCUT2D eigenvalue weighted by Crippen LogP contribution is -2.35. The molecule has 1 fully saturated rings. The van der Waals surface area contributed by atoms with Gasteiger partial charge in [-0.3, -0.25) is 9.78 Å². The number of carbonyl (C=O) groups is 2. The second kappa shape index (κ2) is 8.21. The number of esters is 1. The Morgan fingerprint density at radius 3 is 2.66 bits per heavy atom. The Kier molecular flexibility index (Phi) is 5.49. The number of nitrogens with one attached hydrogen (secondary N) is 1. The Balaban J connectivity index is 1.47. The van der Waals surface area contributed by atoms with E-state index in [1.165, 1.54) is 0 Å². The minimum Gasteiger partial charge on any atom is -0.449 e. The number of halogens is 1. The van der Waals surface area contributed by atoms with Crippen LogP contribution in [0.25, 0.3) is 10.9 Å². The number of ether oxygens (including phenoxy) is 1. The number of hydrogen-bond donors (Lipinski definition) is 1. The Morgan fingerprint density at radius 2 is 1.90 bits per heavy atom. The normalized spacial score (nSPS) is 14.4. The predicted molar refractivity (Wildman–Crippen MR) is 112 cm³/mol. The van der Waals surface area contributed by atoms with Crippen LogP contribution in [-0.2, 0) is 16.1 Å². The average molecular weight is 409 g/mol. The molecule has 0 spiro atoms. The number of amides is 1. The molecule has 5 nitrogen and oxygen atoms in total. The van der Waals surface area contributed by atoms with E-state index in [1.807, 2.05) is 42.5 Å². The minimum absolute atomic E-state index is 0.268. The fourth-order valence-corrected chi connectivity index (χ4v) is 3.40. The molecule has 29 heavy (non-hydrogen) atoms. The van der Waals surface area contributed by atoms with Crippen LogP contribution in [0.5, 0.6) is 0 Å². The zero-order valence-corrected chi connectivity index (χ0v) is 16.8. The van der Waals surface area contributed by atoms with Gasteiger partial charge in [-0.2, -0.15) is 0 Å². The molecule has 4 rings (SSSR count). The molecule has 1 amide bonds. The van der Waals surface area contributed by atoms with Gasteiger partial charge in [0.15, 0.2) is 6.10 Å². The van der Waals surface area contributed by atoms with Gasteiger partial charge in [0.25, 0.3) is 5.91 Å². The van der Waals surface area contributed by atoms with Crippen molar-refractivity contribution in [1.29, 1.82) is 0 Å². The third-order valence-electron chi connectivity index (χ3n) is 5.02. The SMILES string of the molecule is C[C@@H](OC(=O)c1cc(C2CC2)nc2ccccc12)C(=O)NCc1ccccc1Cl. The van der Waals surface area contributed by atoms with E-state index in [4.69, 9.17) is 16.3 Å². The van der Waals surface area contributed by atoms with Crippen molar-refractivity contribution >= 4 is 34.4 Å². The van der Waals surface area contributed by atoms with Crippen LogP contribution < -0.4 is 5.32 Å². The lowest BCUT2D eigenvalue weighted by Gasteiger charge is -2.15. The molecular weight excluding hydrogens is 388 g/mol. The topological polar surface area (TPSA) is 68.3 Å². The standard InChI is InChI=1S/C23H21ClN2O3/c1-14(22(27)25-13-16-6-2-4-8-19(16)24)29-23(28)18-12-21(15-10-11-15)26-20-9-5-3-7-17(18)20/h2-9,12,14-15H,10-11,13H2,1H3,(H,25,27)/t14-/m1/s1. The van der Waals surface area contributed by atoms with Gasteiger partial charge in [-0.05, 0) is 43.5 Å². The first-order chi connectivity index (χ1) is 14.0. The highest BCUT2D eigenvalue weighted by Gasteiger charge is 2.28. The molecule has 0 saturated heterocycles. The van der Waals surface area contributed by atoms with Gasteiger partial charge in [0.2, 0.25) is 0 Å². The van der Waals surface area contributed by atoms with Crippen LogP contribution in [0.4, 0.5) is 0 Å². The highest BCUT2D eigenvalue weighted by atomic mass is 35.5. The Labute approximate surface area is 174 Å². The summed E-state index contributed by atoms with van der Waals surface area (Å²) in [6.07, 6.45) is 1.24. The van der Waals surface area contributed by atoms with E-state index in [9.17, 15) is 9.59 Å². The Bertz CT molecular complexity index is 1080. The van der Waals surface area contributed by atoms with Crippen LogP contribution in [0.1, 0.15) is 47.3 Å². The Morgan fingerprint density at radius 1 is 1.17 bits per heavy atom. The van der Waals surface area contributed by atoms with Crippen molar-refractivity contribution in [3.63, 3.8) is 0 Å². The number of rotatable bonds is 6. The van der Waals surface area contributed by atoms with Gasteiger partial charge in [0, 0.05) is 28.6 Å². The van der Waals surface area contributed by atoms with E-state index in [0.29, 0.717) is 16.5 Å². The molecule has 1 aliphatic rings. The van der Waals surface area contributed by atoms with Crippen LogP contribution in [0.2, 0.25) is 5.02 Å². The second-order valence-corrected chi connectivity index (χ2v) is 7.65. The number of pyridine rings is 1. The zero-order chi connectivity index (χ0) is 20.4. The molecule has 2 aromatic carbocycles. The molecule has 0 unspecified atom stereocenters. The summed E-state index contributed by atoms with van der Waals surface area (Å²) >= 11 is 6.11. The Hall–Kier alpha value is -2.92. The monoisotopic (exact) mass is 408 g/mol. The summed E-state index contributed by atoms with van der Waals surface area (Å²) in [5.74, 6) is -0.493. The van der Waals surface area contributed by atoms with E-state index >= 15 is 0 Å². The van der Waals surface area contributed by atoms with Gasteiger partial charge in [0.05, 0.1) is 11.1 Å². The molecule has 1 atom stereocenters. The molecule has 6 heteroatoms. The summed E-state index contributed by atoms with van der Waals surface area (Å²) in [7, 11) is 0. The third kappa shape index (κ3) is 4.40. The number of carbonyl (C=O) groups excluding carboxylic acids is 2. The number of aromatic nitrogens is 1. The van der Waals surface area contributed by atoms with Gasteiger partial charge >= 0.3 is 5.97 Å². The molecule has 1 N–H and O–H groups in total. The van der Waals surface area contributed by atoms with Crippen LogP contribution in [0.3, 0.4) is 0 Å². The number of fused-ring (bicyclic) bond motifs is 1. The van der Waals surface area contributed by atoms with Crippen LogP contribution in [0.15, 0.2) is 54.6 Å². The van der Waals surface area contributed by atoms with E-state index in [2.05, 4.69) is 10.3 Å². The minimum atomic E-state index is -0.929.